The highest BCUT2D eigenvalue weighted by atomic mass is 35.5. The third kappa shape index (κ3) is 1.98. The van der Waals surface area contributed by atoms with Crippen molar-refractivity contribution in [3.05, 3.63) is 29.3 Å². The van der Waals surface area contributed by atoms with Gasteiger partial charge in [-0.2, -0.15) is 5.26 Å². The Bertz CT molecular complexity index is 382. The quantitative estimate of drug-likeness (QED) is 0.441. The molecule has 0 saturated heterocycles. The lowest BCUT2D eigenvalue weighted by atomic mass is 10.1. The van der Waals surface area contributed by atoms with Crippen LogP contribution in [0, 0.1) is 11.3 Å². The summed E-state index contributed by atoms with van der Waals surface area (Å²) in [4.78, 5) is 11.1. The highest BCUT2D eigenvalue weighted by molar-refractivity contribution is 6.30. The molecule has 0 unspecified atom stereocenters. The number of Topliss-reactive ketones (excluding diaryl/α,β-unsaturated/α-hetero) is 1. The van der Waals surface area contributed by atoms with Gasteiger partial charge in [-0.05, 0) is 18.2 Å². The average molecular weight is 195 g/mol. The van der Waals surface area contributed by atoms with Crippen molar-refractivity contribution in [2.45, 2.75) is 0 Å². The first-order valence-electron chi connectivity index (χ1n) is 3.58. The number of halogens is 1. The summed E-state index contributed by atoms with van der Waals surface area (Å²) < 4.78 is 0. The lowest BCUT2D eigenvalue weighted by molar-refractivity contribution is 0.102. The van der Waals surface area contributed by atoms with E-state index >= 15 is 0 Å². The van der Waals surface area contributed by atoms with Crippen molar-refractivity contribution < 1.29 is 4.79 Å². The first-order chi connectivity index (χ1) is 6.19. The number of carbonyl (C=O) groups excluding carboxylic acids is 1. The van der Waals surface area contributed by atoms with Crippen molar-refractivity contribution in [2.75, 3.05) is 11.6 Å². The van der Waals surface area contributed by atoms with Gasteiger partial charge >= 0.3 is 0 Å². The number of anilines is 1. The van der Waals surface area contributed by atoms with Gasteiger partial charge in [0, 0.05) is 11.3 Å². The Labute approximate surface area is 80.7 Å². The van der Waals surface area contributed by atoms with Crippen LogP contribution in [0.15, 0.2) is 18.2 Å². The second-order valence-electron chi connectivity index (χ2n) is 2.47. The van der Waals surface area contributed by atoms with Crippen LogP contribution < -0.4 is 5.73 Å². The van der Waals surface area contributed by atoms with E-state index in [2.05, 4.69) is 0 Å². The van der Waals surface area contributed by atoms with Gasteiger partial charge in [0.15, 0.2) is 5.78 Å². The lowest BCUT2D eigenvalue weighted by Gasteiger charge is -1.99. The summed E-state index contributed by atoms with van der Waals surface area (Å²) in [6.45, 7) is 0. The van der Waals surface area contributed by atoms with Gasteiger partial charge in [-0.15, -0.1) is 11.6 Å². The Kier molecular flexibility index (Phi) is 2.88. The molecule has 13 heavy (non-hydrogen) atoms. The molecule has 0 spiro atoms. The van der Waals surface area contributed by atoms with Gasteiger partial charge in [-0.1, -0.05) is 0 Å². The molecular formula is C9H7ClN2O. The van der Waals surface area contributed by atoms with Crippen molar-refractivity contribution in [3.8, 4) is 6.07 Å². The second-order valence-corrected chi connectivity index (χ2v) is 2.74. The summed E-state index contributed by atoms with van der Waals surface area (Å²) in [6.07, 6.45) is 0. The Morgan fingerprint density at radius 2 is 2.31 bits per heavy atom. The Balaban J connectivity index is 3.15. The molecule has 0 amide bonds. The molecule has 2 N–H and O–H groups in total. The number of ketones is 1. The fourth-order valence-corrected chi connectivity index (χ4v) is 1.06. The molecule has 0 radical (unpaired) electrons. The number of nitriles is 1. The molecule has 0 aliphatic heterocycles. The summed E-state index contributed by atoms with van der Waals surface area (Å²) in [5, 5.41) is 8.62. The Hall–Kier alpha value is -1.53. The molecule has 0 fully saturated rings. The van der Waals surface area contributed by atoms with Gasteiger partial charge in [-0.25, -0.2) is 0 Å². The predicted molar refractivity (Wildman–Crippen MR) is 50.6 cm³/mol. The van der Waals surface area contributed by atoms with E-state index in [1.807, 2.05) is 6.07 Å². The minimum absolute atomic E-state index is 0.0885. The van der Waals surface area contributed by atoms with E-state index in [1.54, 1.807) is 6.07 Å². The number of alkyl halides is 1. The van der Waals surface area contributed by atoms with Gasteiger partial charge in [0.2, 0.25) is 0 Å². The zero-order valence-corrected chi connectivity index (χ0v) is 7.51. The van der Waals surface area contributed by atoms with Crippen LogP contribution in [-0.2, 0) is 0 Å². The number of carbonyl (C=O) groups is 1. The van der Waals surface area contributed by atoms with E-state index in [4.69, 9.17) is 22.6 Å². The highest BCUT2D eigenvalue weighted by Gasteiger charge is 2.06. The van der Waals surface area contributed by atoms with E-state index in [-0.39, 0.29) is 11.7 Å². The van der Waals surface area contributed by atoms with Crippen molar-refractivity contribution in [1.29, 1.82) is 5.26 Å². The molecule has 4 heteroatoms. The molecule has 1 aromatic rings. The Morgan fingerprint density at radius 1 is 1.62 bits per heavy atom. The largest absolute Gasteiger partial charge is 0.398 e. The summed E-state index contributed by atoms with van der Waals surface area (Å²) in [5.74, 6) is -0.299. The molecule has 1 aromatic carbocycles. The molecule has 66 valence electrons. The van der Waals surface area contributed by atoms with Gasteiger partial charge in [0.1, 0.15) is 6.07 Å². The first-order valence-corrected chi connectivity index (χ1v) is 4.11. The average Bonchev–Trinajstić information content (AvgIpc) is 2.17. The van der Waals surface area contributed by atoms with Crippen LogP contribution in [0.1, 0.15) is 15.9 Å². The van der Waals surface area contributed by atoms with E-state index in [9.17, 15) is 4.79 Å². The molecule has 0 aromatic heterocycles. The van der Waals surface area contributed by atoms with Gasteiger partial charge in [-0.3, -0.25) is 4.79 Å². The maximum absolute atomic E-state index is 11.1. The summed E-state index contributed by atoms with van der Waals surface area (Å²) in [5.41, 5.74) is 6.56. The third-order valence-corrected chi connectivity index (χ3v) is 1.86. The molecule has 0 aliphatic rings. The van der Waals surface area contributed by atoms with E-state index < -0.39 is 0 Å². The number of nitrogen functional groups attached to an aromatic ring is 1. The normalized spacial score (nSPS) is 9.23. The smallest absolute Gasteiger partial charge is 0.177 e. The van der Waals surface area contributed by atoms with Crippen molar-refractivity contribution >= 4 is 23.1 Å². The van der Waals surface area contributed by atoms with Crippen molar-refractivity contribution in [3.63, 3.8) is 0 Å². The maximum atomic E-state index is 11.1. The number of nitrogens with zero attached hydrogens (tertiary/aromatic N) is 1. The summed E-state index contributed by atoms with van der Waals surface area (Å²) >= 11 is 5.36. The molecule has 0 atom stereocenters. The minimum Gasteiger partial charge on any atom is -0.398 e. The summed E-state index contributed by atoms with van der Waals surface area (Å²) in [6, 6.07) is 6.42. The standard InChI is InChI=1S/C9H7ClN2O/c10-4-9(13)6-1-2-8(12)7(3-6)5-11/h1-3H,4,12H2. The SMILES string of the molecule is N#Cc1cc(C(=O)CCl)ccc1N. The van der Waals surface area contributed by atoms with Crippen LogP contribution in [0.4, 0.5) is 5.69 Å². The zero-order valence-electron chi connectivity index (χ0n) is 6.75. The van der Waals surface area contributed by atoms with Gasteiger partial charge in [0.05, 0.1) is 11.4 Å². The van der Waals surface area contributed by atoms with E-state index in [1.165, 1.54) is 12.1 Å². The van der Waals surface area contributed by atoms with Crippen LogP contribution in [0.25, 0.3) is 0 Å². The Morgan fingerprint density at radius 3 is 2.85 bits per heavy atom. The second kappa shape index (κ2) is 3.92. The molecular weight excluding hydrogens is 188 g/mol. The minimum atomic E-state index is -0.210. The van der Waals surface area contributed by atoms with Crippen LogP contribution in [-0.4, -0.2) is 11.7 Å². The van der Waals surface area contributed by atoms with Crippen LogP contribution in [0.2, 0.25) is 0 Å². The third-order valence-electron chi connectivity index (χ3n) is 1.62. The monoisotopic (exact) mass is 194 g/mol. The highest BCUT2D eigenvalue weighted by Crippen LogP contribution is 2.13. The van der Waals surface area contributed by atoms with Crippen LogP contribution in [0.5, 0.6) is 0 Å². The lowest BCUT2D eigenvalue weighted by Crippen LogP contribution is -2.01. The van der Waals surface area contributed by atoms with Crippen LogP contribution in [0.3, 0.4) is 0 Å². The summed E-state index contributed by atoms with van der Waals surface area (Å²) in [7, 11) is 0. The molecule has 1 rings (SSSR count). The van der Waals surface area contributed by atoms with Crippen LogP contribution >= 0.6 is 11.6 Å². The van der Waals surface area contributed by atoms with Crippen molar-refractivity contribution in [1.82, 2.24) is 0 Å². The molecule has 0 heterocycles. The van der Waals surface area contributed by atoms with E-state index in [0.29, 0.717) is 16.8 Å². The molecule has 0 bridgehead atoms. The fraction of sp³-hybridized carbons (Fsp3) is 0.111. The fourth-order valence-electron chi connectivity index (χ4n) is 0.904. The predicted octanol–water partition coefficient (Wildman–Crippen LogP) is 1.56. The van der Waals surface area contributed by atoms with Gasteiger partial charge < -0.3 is 5.73 Å². The molecule has 0 aliphatic carbocycles. The number of hydrogen-bond acceptors (Lipinski definition) is 3. The number of benzene rings is 1. The maximum Gasteiger partial charge on any atom is 0.177 e. The van der Waals surface area contributed by atoms with E-state index in [0.717, 1.165) is 0 Å². The molecule has 3 nitrogen and oxygen atoms in total. The number of rotatable bonds is 2. The number of hydrogen-bond donors (Lipinski definition) is 1. The number of nitrogens with two attached hydrogens (primary N) is 1. The molecule has 0 saturated carbocycles. The van der Waals surface area contributed by atoms with Gasteiger partial charge in [0.25, 0.3) is 0 Å². The first kappa shape index (κ1) is 9.56. The topological polar surface area (TPSA) is 66.9 Å². The van der Waals surface area contributed by atoms with Crippen molar-refractivity contribution in [2.24, 2.45) is 0 Å². The zero-order chi connectivity index (χ0) is 9.84.